The number of rotatable bonds is 6. The third-order valence-electron chi connectivity index (χ3n) is 2.96. The zero-order chi connectivity index (χ0) is 14.2. The van der Waals surface area contributed by atoms with Crippen molar-refractivity contribution in [2.24, 2.45) is 4.99 Å². The van der Waals surface area contributed by atoms with Gasteiger partial charge in [-0.15, -0.1) is 35.3 Å². The lowest BCUT2D eigenvalue weighted by Crippen LogP contribution is -2.39. The second kappa shape index (κ2) is 10.2. The van der Waals surface area contributed by atoms with Gasteiger partial charge in [-0.05, 0) is 47.2 Å². The van der Waals surface area contributed by atoms with E-state index in [1.165, 1.54) is 10.4 Å². The molecule has 0 spiro atoms. The third-order valence-corrected chi connectivity index (χ3v) is 4.63. The fourth-order valence-corrected chi connectivity index (χ4v) is 3.22. The fraction of sp³-hybridized carbons (Fsp3) is 0.400. The smallest absolute Gasteiger partial charge is 0.193 e. The highest BCUT2D eigenvalue weighted by Gasteiger charge is 2.06. The van der Waals surface area contributed by atoms with Gasteiger partial charge in [0.2, 0.25) is 0 Å². The van der Waals surface area contributed by atoms with Crippen molar-refractivity contribution in [2.45, 2.75) is 19.9 Å². The van der Waals surface area contributed by atoms with Crippen molar-refractivity contribution in [3.05, 3.63) is 44.8 Å². The Balaban J connectivity index is 0.00000220. The second-order valence-electron chi connectivity index (χ2n) is 4.55. The molecule has 2 rings (SSSR count). The molecule has 2 aromatic rings. The van der Waals surface area contributed by atoms with Gasteiger partial charge in [0.05, 0.1) is 6.54 Å². The highest BCUT2D eigenvalue weighted by molar-refractivity contribution is 14.0. The van der Waals surface area contributed by atoms with Crippen LogP contribution in [-0.4, -0.2) is 31.0 Å². The average molecular weight is 435 g/mol. The zero-order valence-electron chi connectivity index (χ0n) is 12.4. The zero-order valence-corrected chi connectivity index (χ0v) is 16.4. The van der Waals surface area contributed by atoms with E-state index < -0.39 is 0 Å². The summed E-state index contributed by atoms with van der Waals surface area (Å²) in [5, 5.41) is 9.73. The van der Waals surface area contributed by atoms with Crippen LogP contribution in [0.1, 0.15) is 17.4 Å². The predicted octanol–water partition coefficient (Wildman–Crippen LogP) is 4.07. The van der Waals surface area contributed by atoms with Crippen molar-refractivity contribution >= 4 is 52.6 Å². The molecule has 0 amide bonds. The molecule has 0 saturated heterocycles. The van der Waals surface area contributed by atoms with E-state index in [-0.39, 0.29) is 24.0 Å². The first kappa shape index (κ1) is 18.4. The van der Waals surface area contributed by atoms with E-state index in [2.05, 4.69) is 58.5 Å². The number of halogens is 1. The standard InChI is InChI=1S/C15H21N3S2.HI/c1-3-16-15(17-11-13-7-10-19-12-13)18(2)8-6-14-5-4-9-20-14;/h4-5,7,9-10,12H,3,6,8,11H2,1-2H3,(H,16,17);1H. The van der Waals surface area contributed by atoms with Gasteiger partial charge in [0, 0.05) is 25.0 Å². The maximum Gasteiger partial charge on any atom is 0.193 e. The van der Waals surface area contributed by atoms with E-state index in [1.807, 2.05) is 11.3 Å². The first-order chi connectivity index (χ1) is 9.79. The molecule has 0 aliphatic carbocycles. The summed E-state index contributed by atoms with van der Waals surface area (Å²) in [6.07, 6.45) is 1.07. The van der Waals surface area contributed by atoms with E-state index in [4.69, 9.17) is 4.99 Å². The van der Waals surface area contributed by atoms with Gasteiger partial charge >= 0.3 is 0 Å². The first-order valence-corrected chi connectivity index (χ1v) is 8.64. The Kier molecular flexibility index (Phi) is 8.94. The van der Waals surface area contributed by atoms with Crippen molar-refractivity contribution in [1.29, 1.82) is 0 Å². The molecule has 0 unspecified atom stereocenters. The molecule has 0 atom stereocenters. The molecule has 0 fully saturated rings. The van der Waals surface area contributed by atoms with E-state index >= 15 is 0 Å². The van der Waals surface area contributed by atoms with Gasteiger partial charge in [-0.1, -0.05) is 6.07 Å². The molecule has 116 valence electrons. The predicted molar refractivity (Wildman–Crippen MR) is 105 cm³/mol. The summed E-state index contributed by atoms with van der Waals surface area (Å²) in [7, 11) is 2.10. The number of nitrogens with one attached hydrogen (secondary N) is 1. The average Bonchev–Trinajstić information content (AvgIpc) is 3.13. The Hall–Kier alpha value is -0.600. The van der Waals surface area contributed by atoms with Crippen LogP contribution < -0.4 is 5.32 Å². The summed E-state index contributed by atoms with van der Waals surface area (Å²) in [6, 6.07) is 6.42. The van der Waals surface area contributed by atoms with Crippen LogP contribution in [0.3, 0.4) is 0 Å². The molecule has 0 saturated carbocycles. The lowest BCUT2D eigenvalue weighted by Gasteiger charge is -2.21. The van der Waals surface area contributed by atoms with Crippen LogP contribution in [-0.2, 0) is 13.0 Å². The lowest BCUT2D eigenvalue weighted by atomic mass is 10.3. The van der Waals surface area contributed by atoms with Crippen LogP contribution in [0, 0.1) is 0 Å². The minimum atomic E-state index is 0. The molecule has 3 nitrogen and oxygen atoms in total. The summed E-state index contributed by atoms with van der Waals surface area (Å²) in [5.41, 5.74) is 1.28. The van der Waals surface area contributed by atoms with Crippen molar-refractivity contribution in [3.63, 3.8) is 0 Å². The Labute approximate surface area is 152 Å². The van der Waals surface area contributed by atoms with Crippen molar-refractivity contribution in [1.82, 2.24) is 10.2 Å². The normalized spacial score (nSPS) is 11.0. The van der Waals surface area contributed by atoms with Crippen molar-refractivity contribution in [3.8, 4) is 0 Å². The number of aliphatic imine (C=N–C) groups is 1. The Morgan fingerprint density at radius 1 is 1.33 bits per heavy atom. The largest absolute Gasteiger partial charge is 0.357 e. The minimum absolute atomic E-state index is 0. The van der Waals surface area contributed by atoms with Gasteiger partial charge in [0.25, 0.3) is 0 Å². The Morgan fingerprint density at radius 2 is 2.19 bits per heavy atom. The monoisotopic (exact) mass is 435 g/mol. The van der Waals surface area contributed by atoms with Gasteiger partial charge in [-0.25, -0.2) is 4.99 Å². The Morgan fingerprint density at radius 3 is 2.81 bits per heavy atom. The summed E-state index contributed by atoms with van der Waals surface area (Å²) in [5.74, 6) is 0.982. The number of nitrogens with zero attached hydrogens (tertiary/aromatic N) is 2. The lowest BCUT2D eigenvalue weighted by molar-refractivity contribution is 0.486. The molecule has 2 heterocycles. The number of guanidine groups is 1. The maximum absolute atomic E-state index is 4.70. The van der Waals surface area contributed by atoms with Crippen LogP contribution >= 0.6 is 46.7 Å². The van der Waals surface area contributed by atoms with Crippen LogP contribution in [0.5, 0.6) is 0 Å². The van der Waals surface area contributed by atoms with E-state index in [0.29, 0.717) is 0 Å². The molecule has 0 aromatic carbocycles. The molecule has 0 aliphatic rings. The SMILES string of the molecule is CCNC(=NCc1ccsc1)N(C)CCc1cccs1.I. The molecule has 0 bridgehead atoms. The topological polar surface area (TPSA) is 27.6 Å². The molecular weight excluding hydrogens is 413 g/mol. The summed E-state index contributed by atoms with van der Waals surface area (Å²) >= 11 is 3.54. The quantitative estimate of drug-likeness (QED) is 0.421. The second-order valence-corrected chi connectivity index (χ2v) is 6.36. The summed E-state index contributed by atoms with van der Waals surface area (Å²) in [6.45, 7) is 4.73. The molecule has 1 N–H and O–H groups in total. The van der Waals surface area contributed by atoms with Crippen LogP contribution in [0.2, 0.25) is 0 Å². The molecule has 0 aliphatic heterocycles. The number of hydrogen-bond donors (Lipinski definition) is 1. The minimum Gasteiger partial charge on any atom is -0.357 e. The van der Waals surface area contributed by atoms with Crippen molar-refractivity contribution < 1.29 is 0 Å². The molecule has 0 radical (unpaired) electrons. The van der Waals surface area contributed by atoms with E-state index in [0.717, 1.165) is 32.0 Å². The molecule has 2 aromatic heterocycles. The van der Waals surface area contributed by atoms with Crippen molar-refractivity contribution in [2.75, 3.05) is 20.1 Å². The van der Waals surface area contributed by atoms with Gasteiger partial charge in [-0.3, -0.25) is 0 Å². The highest BCUT2D eigenvalue weighted by atomic mass is 127. The highest BCUT2D eigenvalue weighted by Crippen LogP contribution is 2.10. The first-order valence-electron chi connectivity index (χ1n) is 6.82. The van der Waals surface area contributed by atoms with Crippen LogP contribution in [0.25, 0.3) is 0 Å². The maximum atomic E-state index is 4.70. The Bertz CT molecular complexity index is 509. The van der Waals surface area contributed by atoms with Gasteiger partial charge in [0.15, 0.2) is 5.96 Å². The molecule has 21 heavy (non-hydrogen) atoms. The summed E-state index contributed by atoms with van der Waals surface area (Å²) in [4.78, 5) is 8.32. The number of hydrogen-bond acceptors (Lipinski definition) is 3. The molecule has 6 heteroatoms. The van der Waals surface area contributed by atoms with Crippen LogP contribution in [0.4, 0.5) is 0 Å². The van der Waals surface area contributed by atoms with Gasteiger partial charge in [0.1, 0.15) is 0 Å². The number of thiophene rings is 2. The third kappa shape index (κ3) is 6.36. The molecular formula is C15H22IN3S2. The van der Waals surface area contributed by atoms with Gasteiger partial charge in [-0.2, -0.15) is 11.3 Å². The van der Waals surface area contributed by atoms with E-state index in [9.17, 15) is 0 Å². The van der Waals surface area contributed by atoms with Gasteiger partial charge < -0.3 is 10.2 Å². The van der Waals surface area contributed by atoms with Crippen LogP contribution in [0.15, 0.2) is 39.3 Å². The van der Waals surface area contributed by atoms with E-state index in [1.54, 1.807) is 11.3 Å². The fourth-order valence-electron chi connectivity index (χ4n) is 1.86. The number of likely N-dealkylation sites (N-methyl/N-ethyl adjacent to an activating group) is 1. The summed E-state index contributed by atoms with van der Waals surface area (Å²) < 4.78 is 0.